The molecule has 0 saturated heterocycles. The summed E-state index contributed by atoms with van der Waals surface area (Å²) in [4.78, 5) is 5.55. The predicted octanol–water partition coefficient (Wildman–Crippen LogP) is 5.34. The highest BCUT2D eigenvalue weighted by atomic mass is 32.1. The Morgan fingerprint density at radius 1 is 1.09 bits per heavy atom. The molecule has 1 aliphatic heterocycles. The van der Waals surface area contributed by atoms with Gasteiger partial charge in [-0.1, -0.05) is 68.6 Å². The van der Waals surface area contributed by atoms with E-state index in [1.54, 1.807) is 27.5 Å². The summed E-state index contributed by atoms with van der Waals surface area (Å²) in [5, 5.41) is 0. The fourth-order valence-corrected chi connectivity index (χ4v) is 3.31. The molecular formula is C20H27NS. The molecule has 0 aliphatic carbocycles. The molecule has 0 amide bonds. The van der Waals surface area contributed by atoms with Crippen molar-refractivity contribution in [1.29, 1.82) is 0 Å². The van der Waals surface area contributed by atoms with Crippen LogP contribution in [0.25, 0.3) is 0 Å². The number of allylic oxidation sites excluding steroid dienone is 2. The summed E-state index contributed by atoms with van der Waals surface area (Å²) in [7, 11) is 2.20. The molecule has 22 heavy (non-hydrogen) atoms. The van der Waals surface area contributed by atoms with Crippen LogP contribution < -0.4 is 0 Å². The zero-order chi connectivity index (χ0) is 16.2. The van der Waals surface area contributed by atoms with E-state index < -0.39 is 0 Å². The van der Waals surface area contributed by atoms with Crippen molar-refractivity contribution >= 4 is 11.3 Å². The Balaban J connectivity index is 0.000000203. The molecule has 2 heteroatoms. The quantitative estimate of drug-likeness (QED) is 0.676. The van der Waals surface area contributed by atoms with Gasteiger partial charge in [0.2, 0.25) is 0 Å². The maximum Gasteiger partial charge on any atom is 0.0327 e. The van der Waals surface area contributed by atoms with E-state index in [2.05, 4.69) is 38.1 Å². The van der Waals surface area contributed by atoms with Crippen LogP contribution in [0.3, 0.4) is 0 Å². The van der Waals surface area contributed by atoms with Gasteiger partial charge in [-0.05, 0) is 31.5 Å². The lowest BCUT2D eigenvalue weighted by atomic mass is 10.1. The minimum Gasteiger partial charge on any atom is -0.301 e. The summed E-state index contributed by atoms with van der Waals surface area (Å²) < 4.78 is 0. The number of hydrogen-bond acceptors (Lipinski definition) is 2. The second kappa shape index (κ2) is 11.0. The van der Waals surface area contributed by atoms with Crippen LogP contribution in [0.5, 0.6) is 0 Å². The molecule has 1 aliphatic rings. The number of aryl methyl sites for hydroxylation is 1. The van der Waals surface area contributed by atoms with E-state index in [1.165, 1.54) is 25.9 Å². The van der Waals surface area contributed by atoms with Crippen molar-refractivity contribution in [1.82, 2.24) is 4.90 Å². The largest absolute Gasteiger partial charge is 0.301 e. The Morgan fingerprint density at radius 3 is 2.09 bits per heavy atom. The van der Waals surface area contributed by atoms with E-state index in [0.717, 1.165) is 0 Å². The van der Waals surface area contributed by atoms with Crippen molar-refractivity contribution in [3.63, 3.8) is 0 Å². The summed E-state index contributed by atoms with van der Waals surface area (Å²) in [6.45, 7) is 11.4. The van der Waals surface area contributed by atoms with Gasteiger partial charge in [0.15, 0.2) is 0 Å². The first kappa shape index (κ1) is 18.4. The highest BCUT2D eigenvalue weighted by Crippen LogP contribution is 2.27. The molecule has 1 aromatic heterocycles. The van der Waals surface area contributed by atoms with E-state index >= 15 is 0 Å². The Morgan fingerprint density at radius 2 is 1.64 bits per heavy atom. The van der Waals surface area contributed by atoms with Crippen LogP contribution in [-0.4, -0.2) is 18.5 Å². The summed E-state index contributed by atoms with van der Waals surface area (Å²) in [6.07, 6.45) is 5.73. The minimum absolute atomic E-state index is 1.17. The van der Waals surface area contributed by atoms with E-state index in [9.17, 15) is 0 Å². The van der Waals surface area contributed by atoms with Gasteiger partial charge in [-0.25, -0.2) is 0 Å². The molecule has 0 radical (unpaired) electrons. The number of benzene rings is 1. The lowest BCUT2D eigenvalue weighted by molar-refractivity contribution is 0.317. The van der Waals surface area contributed by atoms with Gasteiger partial charge < -0.3 is 4.90 Å². The van der Waals surface area contributed by atoms with Gasteiger partial charge in [-0.3, -0.25) is 0 Å². The number of likely N-dealkylation sites (N-methyl/N-ethyl adjacent to an activating group) is 1. The van der Waals surface area contributed by atoms with Crippen LogP contribution in [0.4, 0.5) is 0 Å². The molecule has 0 atom stereocenters. The minimum atomic E-state index is 1.17. The molecular weight excluding hydrogens is 286 g/mol. The Labute approximate surface area is 139 Å². The van der Waals surface area contributed by atoms with Crippen molar-refractivity contribution in [3.8, 4) is 0 Å². The molecule has 0 spiro atoms. The van der Waals surface area contributed by atoms with Crippen LogP contribution in [0, 0.1) is 0 Å². The van der Waals surface area contributed by atoms with Crippen molar-refractivity contribution in [2.45, 2.75) is 26.3 Å². The standard InChI is InChI=1S/C10H15NS.C6H6.C4H6/c1-3-9-6-8-4-5-11(2)7-10(8)12-9;1-2-4-6-5-3-1;1-3-4-2/h6H,3-5,7H2,1-2H3;1-6H;3-4H,1-2H2. The van der Waals surface area contributed by atoms with Crippen LogP contribution in [0.1, 0.15) is 22.2 Å². The number of rotatable bonds is 2. The Kier molecular flexibility index (Phi) is 9.20. The first-order valence-electron chi connectivity index (χ1n) is 7.73. The van der Waals surface area contributed by atoms with Crippen LogP contribution in [-0.2, 0) is 19.4 Å². The van der Waals surface area contributed by atoms with E-state index in [-0.39, 0.29) is 0 Å². The summed E-state index contributed by atoms with van der Waals surface area (Å²) in [5.41, 5.74) is 1.61. The van der Waals surface area contributed by atoms with E-state index in [4.69, 9.17) is 0 Å². The van der Waals surface area contributed by atoms with Gasteiger partial charge in [-0.2, -0.15) is 0 Å². The number of fused-ring (bicyclic) bond motifs is 1. The monoisotopic (exact) mass is 313 g/mol. The molecule has 3 rings (SSSR count). The number of nitrogens with zero attached hydrogens (tertiary/aromatic N) is 1. The molecule has 118 valence electrons. The van der Waals surface area contributed by atoms with Gasteiger partial charge in [0.1, 0.15) is 0 Å². The Hall–Kier alpha value is -1.64. The molecule has 0 N–H and O–H groups in total. The average molecular weight is 314 g/mol. The molecule has 1 nitrogen and oxygen atoms in total. The first-order valence-corrected chi connectivity index (χ1v) is 8.55. The third-order valence-electron chi connectivity index (χ3n) is 3.31. The fourth-order valence-electron chi connectivity index (χ4n) is 2.07. The van der Waals surface area contributed by atoms with Gasteiger partial charge in [0, 0.05) is 22.8 Å². The zero-order valence-electron chi connectivity index (χ0n) is 13.8. The summed E-state index contributed by atoms with van der Waals surface area (Å²) >= 11 is 2.00. The molecule has 0 unspecified atom stereocenters. The second-order valence-corrected chi connectivity index (χ2v) is 6.35. The number of thiophene rings is 1. The highest BCUT2D eigenvalue weighted by Gasteiger charge is 2.15. The maximum atomic E-state index is 3.36. The lowest BCUT2D eigenvalue weighted by Gasteiger charge is -2.21. The molecule has 2 aromatic rings. The van der Waals surface area contributed by atoms with E-state index in [1.807, 2.05) is 47.7 Å². The van der Waals surface area contributed by atoms with Gasteiger partial charge >= 0.3 is 0 Å². The van der Waals surface area contributed by atoms with Crippen LogP contribution >= 0.6 is 11.3 Å². The topological polar surface area (TPSA) is 3.24 Å². The predicted molar refractivity (Wildman–Crippen MR) is 101 cm³/mol. The molecule has 0 bridgehead atoms. The normalized spacial score (nSPS) is 12.8. The van der Waals surface area contributed by atoms with Crippen LogP contribution in [0.15, 0.2) is 67.8 Å². The highest BCUT2D eigenvalue weighted by molar-refractivity contribution is 7.12. The molecule has 0 fully saturated rings. The second-order valence-electron chi connectivity index (χ2n) is 5.13. The first-order chi connectivity index (χ1) is 10.7. The fraction of sp³-hybridized carbons (Fsp3) is 0.300. The van der Waals surface area contributed by atoms with Crippen molar-refractivity contribution in [2.24, 2.45) is 0 Å². The van der Waals surface area contributed by atoms with E-state index in [0.29, 0.717) is 0 Å². The van der Waals surface area contributed by atoms with Gasteiger partial charge in [-0.15, -0.1) is 11.3 Å². The van der Waals surface area contributed by atoms with Crippen molar-refractivity contribution in [3.05, 3.63) is 83.1 Å². The third kappa shape index (κ3) is 6.88. The zero-order valence-corrected chi connectivity index (χ0v) is 14.6. The van der Waals surface area contributed by atoms with Gasteiger partial charge in [0.05, 0.1) is 0 Å². The van der Waals surface area contributed by atoms with Crippen molar-refractivity contribution in [2.75, 3.05) is 13.6 Å². The average Bonchev–Trinajstić information content (AvgIpc) is 2.99. The summed E-state index contributed by atoms with van der Waals surface area (Å²) in [6, 6.07) is 14.4. The SMILES string of the molecule is C=CC=C.CCc1cc2c(s1)CN(C)CC2.c1ccccc1. The lowest BCUT2D eigenvalue weighted by Crippen LogP contribution is -2.24. The molecule has 2 heterocycles. The maximum absolute atomic E-state index is 3.36. The number of hydrogen-bond donors (Lipinski definition) is 0. The van der Waals surface area contributed by atoms with Crippen LogP contribution in [0.2, 0.25) is 0 Å². The molecule has 0 saturated carbocycles. The smallest absolute Gasteiger partial charge is 0.0327 e. The Bertz CT molecular complexity index is 509. The summed E-state index contributed by atoms with van der Waals surface area (Å²) in [5.74, 6) is 0. The third-order valence-corrected chi connectivity index (χ3v) is 4.61. The van der Waals surface area contributed by atoms with Crippen molar-refractivity contribution < 1.29 is 0 Å². The van der Waals surface area contributed by atoms with Gasteiger partial charge in [0.25, 0.3) is 0 Å². The molecule has 1 aromatic carbocycles.